The second-order valence-corrected chi connectivity index (χ2v) is 4.84. The molecule has 1 rings (SSSR count). The zero-order valence-electron chi connectivity index (χ0n) is 9.25. The lowest BCUT2D eigenvalue weighted by molar-refractivity contribution is -0.121. The molecule has 0 unspecified atom stereocenters. The first-order valence-corrected chi connectivity index (χ1v) is 5.60. The lowest BCUT2D eigenvalue weighted by atomic mass is 10.1. The largest absolute Gasteiger partial charge is 0.356 e. The maximum Gasteiger partial charge on any atom is 0.220 e. The van der Waals surface area contributed by atoms with Crippen LogP contribution in [0.1, 0.15) is 39.5 Å². The molecule has 0 radical (unpaired) electrons. The normalized spacial score (nSPS) is 26.9. The van der Waals surface area contributed by atoms with E-state index in [1.807, 2.05) is 0 Å². The summed E-state index contributed by atoms with van der Waals surface area (Å²) in [4.78, 5) is 11.3. The number of nitrogens with one attached hydrogen (secondary N) is 1. The standard InChI is InChI=1S/C11H22N2O/c1-8(2)5-11(14)13-7-9-3-4-10(12)6-9/h8-10H,3-7,12H2,1-2H3,(H,13,14)/t9-,10+/m1/s1. The van der Waals surface area contributed by atoms with E-state index in [1.165, 1.54) is 6.42 Å². The third-order valence-electron chi connectivity index (χ3n) is 2.76. The Morgan fingerprint density at radius 1 is 1.50 bits per heavy atom. The molecule has 14 heavy (non-hydrogen) atoms. The molecule has 82 valence electrons. The van der Waals surface area contributed by atoms with Gasteiger partial charge in [-0.05, 0) is 31.1 Å². The molecule has 1 amide bonds. The van der Waals surface area contributed by atoms with Crippen LogP contribution in [0, 0.1) is 11.8 Å². The minimum Gasteiger partial charge on any atom is -0.356 e. The number of carbonyl (C=O) groups excluding carboxylic acids is 1. The molecule has 3 nitrogen and oxygen atoms in total. The summed E-state index contributed by atoms with van der Waals surface area (Å²) in [5, 5.41) is 2.98. The van der Waals surface area contributed by atoms with E-state index in [4.69, 9.17) is 5.73 Å². The van der Waals surface area contributed by atoms with Crippen LogP contribution < -0.4 is 11.1 Å². The molecule has 0 spiro atoms. The Hall–Kier alpha value is -0.570. The van der Waals surface area contributed by atoms with Crippen molar-refractivity contribution >= 4 is 5.91 Å². The second-order valence-electron chi connectivity index (χ2n) is 4.84. The van der Waals surface area contributed by atoms with Crippen LogP contribution in [0.2, 0.25) is 0 Å². The highest BCUT2D eigenvalue weighted by Crippen LogP contribution is 2.23. The van der Waals surface area contributed by atoms with Crippen molar-refractivity contribution in [2.24, 2.45) is 17.6 Å². The van der Waals surface area contributed by atoms with Crippen molar-refractivity contribution in [1.82, 2.24) is 5.32 Å². The van der Waals surface area contributed by atoms with Gasteiger partial charge in [0.05, 0.1) is 0 Å². The quantitative estimate of drug-likeness (QED) is 0.715. The molecule has 1 fully saturated rings. The first-order chi connectivity index (χ1) is 6.58. The molecule has 0 bridgehead atoms. The van der Waals surface area contributed by atoms with Crippen molar-refractivity contribution in [2.75, 3.05) is 6.54 Å². The number of rotatable bonds is 4. The summed E-state index contributed by atoms with van der Waals surface area (Å²) >= 11 is 0. The van der Waals surface area contributed by atoms with Crippen LogP contribution in [0.3, 0.4) is 0 Å². The Morgan fingerprint density at radius 3 is 2.71 bits per heavy atom. The molecule has 0 saturated heterocycles. The Labute approximate surface area is 86.4 Å². The Morgan fingerprint density at radius 2 is 2.21 bits per heavy atom. The first-order valence-electron chi connectivity index (χ1n) is 5.60. The fourth-order valence-electron chi connectivity index (χ4n) is 2.00. The molecule has 2 atom stereocenters. The predicted molar refractivity (Wildman–Crippen MR) is 57.8 cm³/mol. The summed E-state index contributed by atoms with van der Waals surface area (Å²) in [5.74, 6) is 1.24. The second kappa shape index (κ2) is 5.35. The summed E-state index contributed by atoms with van der Waals surface area (Å²) in [6, 6.07) is 0.363. The smallest absolute Gasteiger partial charge is 0.220 e. The van der Waals surface area contributed by atoms with Crippen molar-refractivity contribution in [1.29, 1.82) is 0 Å². The summed E-state index contributed by atoms with van der Waals surface area (Å²) in [6.07, 6.45) is 3.99. The average Bonchev–Trinajstić information content (AvgIpc) is 2.47. The molecule has 0 aromatic rings. The highest BCUT2D eigenvalue weighted by atomic mass is 16.1. The zero-order chi connectivity index (χ0) is 10.6. The van der Waals surface area contributed by atoms with E-state index in [1.54, 1.807) is 0 Å². The number of hydrogen-bond donors (Lipinski definition) is 2. The molecule has 1 aliphatic carbocycles. The third-order valence-corrected chi connectivity index (χ3v) is 2.76. The van der Waals surface area contributed by atoms with Gasteiger partial charge in [-0.2, -0.15) is 0 Å². The van der Waals surface area contributed by atoms with Gasteiger partial charge in [-0.25, -0.2) is 0 Å². The van der Waals surface area contributed by atoms with Crippen LogP contribution in [0.4, 0.5) is 0 Å². The van der Waals surface area contributed by atoms with Gasteiger partial charge < -0.3 is 11.1 Å². The van der Waals surface area contributed by atoms with E-state index in [0.717, 1.165) is 19.4 Å². The summed E-state index contributed by atoms with van der Waals surface area (Å²) in [6.45, 7) is 4.94. The van der Waals surface area contributed by atoms with Crippen LogP contribution >= 0.6 is 0 Å². The molecule has 1 saturated carbocycles. The lowest BCUT2D eigenvalue weighted by Crippen LogP contribution is -2.29. The fourth-order valence-corrected chi connectivity index (χ4v) is 2.00. The van der Waals surface area contributed by atoms with E-state index in [0.29, 0.717) is 24.3 Å². The zero-order valence-corrected chi connectivity index (χ0v) is 9.25. The van der Waals surface area contributed by atoms with Crippen molar-refractivity contribution < 1.29 is 4.79 Å². The van der Waals surface area contributed by atoms with E-state index in [2.05, 4.69) is 19.2 Å². The molecular weight excluding hydrogens is 176 g/mol. The number of amides is 1. The van der Waals surface area contributed by atoms with Gasteiger partial charge in [-0.15, -0.1) is 0 Å². The third kappa shape index (κ3) is 4.09. The van der Waals surface area contributed by atoms with Crippen LogP contribution in [-0.2, 0) is 4.79 Å². The Bertz CT molecular complexity index is 192. The molecule has 0 aromatic heterocycles. The maximum absolute atomic E-state index is 11.3. The minimum absolute atomic E-state index is 0.181. The maximum atomic E-state index is 11.3. The molecule has 0 aromatic carbocycles. The Balaban J connectivity index is 2.11. The van der Waals surface area contributed by atoms with Gasteiger partial charge in [0, 0.05) is 19.0 Å². The van der Waals surface area contributed by atoms with E-state index in [9.17, 15) is 4.79 Å². The van der Waals surface area contributed by atoms with Crippen LogP contribution in [0.25, 0.3) is 0 Å². The molecule has 0 aliphatic heterocycles. The lowest BCUT2D eigenvalue weighted by Gasteiger charge is -2.11. The van der Waals surface area contributed by atoms with Gasteiger partial charge in [0.25, 0.3) is 0 Å². The van der Waals surface area contributed by atoms with Crippen LogP contribution in [-0.4, -0.2) is 18.5 Å². The summed E-state index contributed by atoms with van der Waals surface area (Å²) in [7, 11) is 0. The molecular formula is C11H22N2O. The predicted octanol–water partition coefficient (Wildman–Crippen LogP) is 1.28. The van der Waals surface area contributed by atoms with E-state index >= 15 is 0 Å². The van der Waals surface area contributed by atoms with Crippen molar-refractivity contribution in [3.63, 3.8) is 0 Å². The first kappa shape index (κ1) is 11.5. The topological polar surface area (TPSA) is 55.1 Å². The molecule has 3 heteroatoms. The van der Waals surface area contributed by atoms with Gasteiger partial charge in [-0.1, -0.05) is 13.8 Å². The minimum atomic E-state index is 0.181. The van der Waals surface area contributed by atoms with E-state index < -0.39 is 0 Å². The van der Waals surface area contributed by atoms with Crippen molar-refractivity contribution in [2.45, 2.75) is 45.6 Å². The SMILES string of the molecule is CC(C)CC(=O)NC[C@@H]1CC[C@H](N)C1. The van der Waals surface area contributed by atoms with Gasteiger partial charge in [0.15, 0.2) is 0 Å². The summed E-state index contributed by atoms with van der Waals surface area (Å²) in [5.41, 5.74) is 5.80. The molecule has 3 N–H and O–H groups in total. The van der Waals surface area contributed by atoms with Crippen LogP contribution in [0.15, 0.2) is 0 Å². The number of carbonyl (C=O) groups is 1. The van der Waals surface area contributed by atoms with Gasteiger partial charge in [0.1, 0.15) is 0 Å². The van der Waals surface area contributed by atoms with Crippen molar-refractivity contribution in [3.8, 4) is 0 Å². The van der Waals surface area contributed by atoms with Gasteiger partial charge >= 0.3 is 0 Å². The van der Waals surface area contributed by atoms with Crippen molar-refractivity contribution in [3.05, 3.63) is 0 Å². The monoisotopic (exact) mass is 198 g/mol. The Kier molecular flexibility index (Phi) is 4.39. The van der Waals surface area contributed by atoms with Gasteiger partial charge in [0.2, 0.25) is 5.91 Å². The van der Waals surface area contributed by atoms with E-state index in [-0.39, 0.29) is 5.91 Å². The summed E-state index contributed by atoms with van der Waals surface area (Å²) < 4.78 is 0. The fraction of sp³-hybridized carbons (Fsp3) is 0.909. The van der Waals surface area contributed by atoms with Gasteiger partial charge in [-0.3, -0.25) is 4.79 Å². The highest BCUT2D eigenvalue weighted by molar-refractivity contribution is 5.76. The average molecular weight is 198 g/mol. The number of nitrogens with two attached hydrogens (primary N) is 1. The molecule has 0 heterocycles. The molecule has 1 aliphatic rings. The number of hydrogen-bond acceptors (Lipinski definition) is 2. The highest BCUT2D eigenvalue weighted by Gasteiger charge is 2.21. The van der Waals surface area contributed by atoms with Crippen LogP contribution in [0.5, 0.6) is 0 Å².